The Kier molecular flexibility index (Phi) is 5.91. The molecule has 1 unspecified atom stereocenters. The quantitative estimate of drug-likeness (QED) is 0.849. The summed E-state index contributed by atoms with van der Waals surface area (Å²) >= 11 is 0. The summed E-state index contributed by atoms with van der Waals surface area (Å²) < 4.78 is 11.3. The first-order chi connectivity index (χ1) is 12.1. The van der Waals surface area contributed by atoms with E-state index < -0.39 is 12.0 Å². The molecule has 1 atom stereocenters. The summed E-state index contributed by atoms with van der Waals surface area (Å²) in [6.07, 6.45) is 5.42. The van der Waals surface area contributed by atoms with Crippen LogP contribution in [-0.4, -0.2) is 48.6 Å². The van der Waals surface area contributed by atoms with Crippen molar-refractivity contribution in [3.63, 3.8) is 0 Å². The molecule has 2 N–H and O–H groups in total. The van der Waals surface area contributed by atoms with E-state index in [1.807, 2.05) is 24.3 Å². The third-order valence-electron chi connectivity index (χ3n) is 4.87. The van der Waals surface area contributed by atoms with Crippen molar-refractivity contribution in [1.82, 2.24) is 4.90 Å². The number of hydrogen-bond acceptors (Lipinski definition) is 4. The Balaban J connectivity index is 1.50. The number of nitrogens with two attached hydrogens (primary N) is 1. The minimum absolute atomic E-state index is 0.0247. The Morgan fingerprint density at radius 3 is 2.84 bits per heavy atom. The number of carbonyl (C=O) groups is 2. The molecule has 0 aromatic heterocycles. The predicted molar refractivity (Wildman–Crippen MR) is 93.2 cm³/mol. The van der Waals surface area contributed by atoms with Crippen LogP contribution in [0.4, 0.5) is 0 Å². The van der Waals surface area contributed by atoms with Gasteiger partial charge in [-0.1, -0.05) is 12.1 Å². The van der Waals surface area contributed by atoms with Gasteiger partial charge in [0.2, 0.25) is 11.8 Å². The first-order valence-electron chi connectivity index (χ1n) is 9.06. The topological polar surface area (TPSA) is 81.9 Å². The van der Waals surface area contributed by atoms with Gasteiger partial charge in [0, 0.05) is 13.0 Å². The zero-order chi connectivity index (χ0) is 17.6. The number of benzene rings is 1. The first-order valence-corrected chi connectivity index (χ1v) is 9.06. The van der Waals surface area contributed by atoms with E-state index >= 15 is 0 Å². The van der Waals surface area contributed by atoms with E-state index in [2.05, 4.69) is 0 Å². The second kappa shape index (κ2) is 8.34. The second-order valence-electron chi connectivity index (χ2n) is 6.77. The average Bonchev–Trinajstić information content (AvgIpc) is 3.13. The van der Waals surface area contributed by atoms with Crippen molar-refractivity contribution in [1.29, 1.82) is 0 Å². The van der Waals surface area contributed by atoms with Gasteiger partial charge in [0.25, 0.3) is 0 Å². The van der Waals surface area contributed by atoms with Gasteiger partial charge >= 0.3 is 0 Å². The van der Waals surface area contributed by atoms with Gasteiger partial charge in [-0.3, -0.25) is 9.59 Å². The molecule has 0 bridgehead atoms. The molecule has 2 fully saturated rings. The molecule has 0 spiro atoms. The first kappa shape index (κ1) is 17.7. The van der Waals surface area contributed by atoms with Crippen molar-refractivity contribution in [2.45, 2.75) is 50.7 Å². The maximum Gasteiger partial charge on any atom is 0.248 e. The summed E-state index contributed by atoms with van der Waals surface area (Å²) in [6, 6.07) is 7.99. The summed E-state index contributed by atoms with van der Waals surface area (Å²) in [6.45, 7) is 1.11. The second-order valence-corrected chi connectivity index (χ2v) is 6.77. The zero-order valence-electron chi connectivity index (χ0n) is 14.5. The number of morpholine rings is 1. The molecule has 2 aliphatic rings. The molecule has 136 valence electrons. The number of primary amides is 1. The number of carbonyl (C=O) groups excluding carboxylic acids is 2. The largest absolute Gasteiger partial charge is 0.490 e. The van der Waals surface area contributed by atoms with Gasteiger partial charge in [-0.25, -0.2) is 0 Å². The molecule has 1 saturated heterocycles. The van der Waals surface area contributed by atoms with Gasteiger partial charge in [0.15, 0.2) is 6.10 Å². The van der Waals surface area contributed by atoms with Gasteiger partial charge in [0.1, 0.15) is 5.75 Å². The van der Waals surface area contributed by atoms with Crippen molar-refractivity contribution in [3.05, 3.63) is 29.8 Å². The lowest BCUT2D eigenvalue weighted by Gasteiger charge is -2.31. The Morgan fingerprint density at radius 1 is 1.28 bits per heavy atom. The molecule has 25 heavy (non-hydrogen) atoms. The fraction of sp³-hybridized carbons (Fsp3) is 0.579. The SMILES string of the molecule is NC(=O)C1CN(C(=O)CCc2cccc(OC3CCCC3)c2)CCO1. The van der Waals surface area contributed by atoms with Gasteiger partial charge in [0.05, 0.1) is 19.3 Å². The van der Waals surface area contributed by atoms with Crippen molar-refractivity contribution in [3.8, 4) is 5.75 Å². The van der Waals surface area contributed by atoms with Crippen molar-refractivity contribution in [2.75, 3.05) is 19.7 Å². The van der Waals surface area contributed by atoms with Gasteiger partial charge in [-0.2, -0.15) is 0 Å². The number of aryl methyl sites for hydroxylation is 1. The molecule has 1 aliphatic carbocycles. The van der Waals surface area contributed by atoms with E-state index in [1.165, 1.54) is 12.8 Å². The van der Waals surface area contributed by atoms with Crippen LogP contribution in [0.25, 0.3) is 0 Å². The fourth-order valence-corrected chi connectivity index (χ4v) is 3.43. The highest BCUT2D eigenvalue weighted by atomic mass is 16.5. The summed E-state index contributed by atoms with van der Waals surface area (Å²) in [4.78, 5) is 25.3. The number of rotatable bonds is 6. The molecule has 1 heterocycles. The predicted octanol–water partition coefficient (Wildman–Crippen LogP) is 1.65. The lowest BCUT2D eigenvalue weighted by atomic mass is 10.1. The summed E-state index contributed by atoms with van der Waals surface area (Å²) in [5, 5.41) is 0. The lowest BCUT2D eigenvalue weighted by Crippen LogP contribution is -2.50. The van der Waals surface area contributed by atoms with Crippen LogP contribution in [0, 0.1) is 0 Å². The monoisotopic (exact) mass is 346 g/mol. The molecule has 0 radical (unpaired) electrons. The van der Waals surface area contributed by atoms with Crippen LogP contribution in [0.15, 0.2) is 24.3 Å². The van der Waals surface area contributed by atoms with Crippen molar-refractivity contribution in [2.24, 2.45) is 5.73 Å². The molecule has 2 amide bonds. The van der Waals surface area contributed by atoms with E-state index in [0.717, 1.165) is 24.2 Å². The summed E-state index contributed by atoms with van der Waals surface area (Å²) in [5.41, 5.74) is 6.35. The van der Waals surface area contributed by atoms with Crippen LogP contribution < -0.4 is 10.5 Å². The molecule has 1 aromatic carbocycles. The molecule has 3 rings (SSSR count). The molecule has 1 aromatic rings. The smallest absolute Gasteiger partial charge is 0.248 e. The van der Waals surface area contributed by atoms with E-state index in [0.29, 0.717) is 32.1 Å². The van der Waals surface area contributed by atoms with Crippen LogP contribution in [0.1, 0.15) is 37.7 Å². The molecule has 6 nitrogen and oxygen atoms in total. The van der Waals surface area contributed by atoms with Gasteiger partial charge in [-0.05, 0) is 49.8 Å². The Bertz CT molecular complexity index is 613. The maximum absolute atomic E-state index is 12.4. The number of hydrogen-bond donors (Lipinski definition) is 1. The van der Waals surface area contributed by atoms with Crippen molar-refractivity contribution >= 4 is 11.8 Å². The standard InChI is InChI=1S/C19H26N2O4/c20-19(23)17-13-21(10-11-24-17)18(22)9-8-14-4-3-7-16(12-14)25-15-5-1-2-6-15/h3-4,7,12,15,17H,1-2,5-6,8-11,13H2,(H2,20,23). The highest BCUT2D eigenvalue weighted by molar-refractivity contribution is 5.81. The fourth-order valence-electron chi connectivity index (χ4n) is 3.43. The molecule has 6 heteroatoms. The summed E-state index contributed by atoms with van der Waals surface area (Å²) in [5.74, 6) is 0.392. The van der Waals surface area contributed by atoms with E-state index in [-0.39, 0.29) is 12.5 Å². The Labute approximate surface area is 148 Å². The average molecular weight is 346 g/mol. The highest BCUT2D eigenvalue weighted by Gasteiger charge is 2.27. The molecular weight excluding hydrogens is 320 g/mol. The zero-order valence-corrected chi connectivity index (χ0v) is 14.5. The highest BCUT2D eigenvalue weighted by Crippen LogP contribution is 2.25. The van der Waals surface area contributed by atoms with Crippen LogP contribution in [-0.2, 0) is 20.7 Å². The van der Waals surface area contributed by atoms with E-state index in [9.17, 15) is 9.59 Å². The van der Waals surface area contributed by atoms with Crippen molar-refractivity contribution < 1.29 is 19.1 Å². The third-order valence-corrected chi connectivity index (χ3v) is 4.87. The van der Waals surface area contributed by atoms with Crippen LogP contribution in [0.2, 0.25) is 0 Å². The summed E-state index contributed by atoms with van der Waals surface area (Å²) in [7, 11) is 0. The minimum Gasteiger partial charge on any atom is -0.490 e. The van der Waals surface area contributed by atoms with Crippen LogP contribution in [0.3, 0.4) is 0 Å². The number of ether oxygens (including phenoxy) is 2. The van der Waals surface area contributed by atoms with E-state index in [1.54, 1.807) is 4.90 Å². The minimum atomic E-state index is -0.694. The van der Waals surface area contributed by atoms with Crippen LogP contribution in [0.5, 0.6) is 5.75 Å². The van der Waals surface area contributed by atoms with Gasteiger partial charge in [-0.15, -0.1) is 0 Å². The third kappa shape index (κ3) is 4.95. The maximum atomic E-state index is 12.4. The number of nitrogens with zero attached hydrogens (tertiary/aromatic N) is 1. The Hall–Kier alpha value is -2.08. The molecule has 1 saturated carbocycles. The van der Waals surface area contributed by atoms with Crippen LogP contribution >= 0.6 is 0 Å². The normalized spacial score (nSPS) is 21.3. The molecule has 1 aliphatic heterocycles. The number of amides is 2. The van der Waals surface area contributed by atoms with E-state index in [4.69, 9.17) is 15.2 Å². The Morgan fingerprint density at radius 2 is 2.08 bits per heavy atom. The molecular formula is C19H26N2O4. The lowest BCUT2D eigenvalue weighted by molar-refractivity contribution is -0.145. The van der Waals surface area contributed by atoms with Gasteiger partial charge < -0.3 is 20.1 Å².